The van der Waals surface area contributed by atoms with Crippen molar-refractivity contribution in [2.24, 2.45) is 0 Å². The summed E-state index contributed by atoms with van der Waals surface area (Å²) in [7, 11) is 4.46. The maximum Gasteiger partial charge on any atom is 0.328 e. The minimum Gasteiger partial charge on any atom is -0.493 e. The summed E-state index contributed by atoms with van der Waals surface area (Å²) in [4.78, 5) is 37.3. The number of hydrogen-bond donors (Lipinski definition) is 1. The highest BCUT2D eigenvalue weighted by atomic mass is 32.2. The van der Waals surface area contributed by atoms with E-state index in [4.69, 9.17) is 14.2 Å². The third kappa shape index (κ3) is 6.03. The van der Waals surface area contributed by atoms with Gasteiger partial charge in [-0.2, -0.15) is 0 Å². The quantitative estimate of drug-likeness (QED) is 0.454. The van der Waals surface area contributed by atoms with Gasteiger partial charge in [0.05, 0.1) is 27.1 Å². The van der Waals surface area contributed by atoms with Crippen LogP contribution in [0.3, 0.4) is 0 Å². The van der Waals surface area contributed by atoms with Crippen LogP contribution in [0.15, 0.2) is 18.2 Å². The number of nitrogens with zero attached hydrogens (tertiary/aromatic N) is 1. The van der Waals surface area contributed by atoms with Crippen LogP contribution in [0.25, 0.3) is 0 Å². The molecule has 1 N–H and O–H groups in total. The molecule has 29 heavy (non-hydrogen) atoms. The average molecular weight is 425 g/mol. The largest absolute Gasteiger partial charge is 0.493 e. The molecule has 0 saturated carbocycles. The molecule has 9 heteroatoms. The Labute approximate surface area is 175 Å². The van der Waals surface area contributed by atoms with Gasteiger partial charge in [-0.05, 0) is 37.0 Å². The summed E-state index contributed by atoms with van der Waals surface area (Å²) >= 11 is 1.57. The van der Waals surface area contributed by atoms with E-state index < -0.39 is 12.0 Å². The molecule has 1 aromatic rings. The normalized spacial score (nSPS) is 17.0. The molecule has 2 atom stereocenters. The van der Waals surface area contributed by atoms with Crippen molar-refractivity contribution in [3.8, 4) is 11.5 Å². The van der Waals surface area contributed by atoms with Crippen molar-refractivity contribution in [3.05, 3.63) is 23.8 Å². The van der Waals surface area contributed by atoms with E-state index >= 15 is 0 Å². The highest BCUT2D eigenvalue weighted by molar-refractivity contribution is 8.00. The van der Waals surface area contributed by atoms with Gasteiger partial charge in [0, 0.05) is 13.5 Å². The lowest BCUT2D eigenvalue weighted by Gasteiger charge is -2.25. The number of amides is 2. The molecule has 1 aliphatic rings. The molecule has 1 fully saturated rings. The van der Waals surface area contributed by atoms with E-state index in [0.29, 0.717) is 43.1 Å². The first-order valence-corrected chi connectivity index (χ1v) is 10.4. The van der Waals surface area contributed by atoms with E-state index in [2.05, 4.69) is 5.32 Å². The maximum absolute atomic E-state index is 12.4. The van der Waals surface area contributed by atoms with E-state index in [9.17, 15) is 14.4 Å². The molecule has 2 amide bonds. The molecular formula is C20H28N2O6S. The fourth-order valence-corrected chi connectivity index (χ4v) is 4.45. The summed E-state index contributed by atoms with van der Waals surface area (Å²) in [6.45, 7) is 1.93. The number of nitrogens with one attached hydrogen (secondary N) is 1. The molecule has 0 bridgehead atoms. The van der Waals surface area contributed by atoms with Gasteiger partial charge in [0.25, 0.3) is 0 Å². The van der Waals surface area contributed by atoms with Gasteiger partial charge in [-0.3, -0.25) is 9.59 Å². The SMILES string of the molecule is COC(=O)C(CCCCN1C(=O)CSC1c1ccc(OC)c(OC)c1)NC(C)=O. The Hall–Kier alpha value is -2.42. The number of carbonyl (C=O) groups is 3. The van der Waals surface area contributed by atoms with Gasteiger partial charge in [0.15, 0.2) is 11.5 Å². The number of unbranched alkanes of at least 4 members (excludes halogenated alkanes) is 1. The molecular weight excluding hydrogens is 396 g/mol. The first kappa shape index (κ1) is 22.9. The van der Waals surface area contributed by atoms with Gasteiger partial charge in [-0.1, -0.05) is 6.07 Å². The minimum absolute atomic E-state index is 0.0844. The van der Waals surface area contributed by atoms with Gasteiger partial charge >= 0.3 is 5.97 Å². The number of rotatable bonds is 10. The van der Waals surface area contributed by atoms with Crippen LogP contribution in [-0.2, 0) is 19.1 Å². The van der Waals surface area contributed by atoms with Gasteiger partial charge in [-0.15, -0.1) is 11.8 Å². The summed E-state index contributed by atoms with van der Waals surface area (Å²) in [6, 6.07) is 5.01. The topological polar surface area (TPSA) is 94.2 Å². The van der Waals surface area contributed by atoms with Crippen molar-refractivity contribution in [1.29, 1.82) is 0 Å². The summed E-state index contributed by atoms with van der Waals surface area (Å²) in [5.41, 5.74) is 0.976. The zero-order valence-corrected chi connectivity index (χ0v) is 18.0. The van der Waals surface area contributed by atoms with Gasteiger partial charge in [-0.25, -0.2) is 4.79 Å². The lowest BCUT2D eigenvalue weighted by molar-refractivity contribution is -0.145. The van der Waals surface area contributed by atoms with Crippen molar-refractivity contribution in [3.63, 3.8) is 0 Å². The highest BCUT2D eigenvalue weighted by Gasteiger charge is 2.33. The van der Waals surface area contributed by atoms with E-state index in [1.54, 1.807) is 26.0 Å². The second-order valence-corrected chi connectivity index (χ2v) is 7.71. The maximum atomic E-state index is 12.4. The number of esters is 1. The smallest absolute Gasteiger partial charge is 0.328 e. The van der Waals surface area contributed by atoms with Crippen LogP contribution in [0.1, 0.15) is 37.1 Å². The summed E-state index contributed by atoms with van der Waals surface area (Å²) in [5.74, 6) is 1.04. The van der Waals surface area contributed by atoms with Gasteiger partial charge < -0.3 is 24.4 Å². The lowest BCUT2D eigenvalue weighted by Crippen LogP contribution is -2.40. The fourth-order valence-electron chi connectivity index (χ4n) is 3.25. The molecule has 1 heterocycles. The first-order chi connectivity index (χ1) is 13.9. The third-order valence-corrected chi connectivity index (χ3v) is 5.92. The van der Waals surface area contributed by atoms with Crippen LogP contribution < -0.4 is 14.8 Å². The second kappa shape index (κ2) is 10.9. The molecule has 0 aromatic heterocycles. The van der Waals surface area contributed by atoms with Crippen LogP contribution in [0.2, 0.25) is 0 Å². The molecule has 2 unspecified atom stereocenters. The lowest BCUT2D eigenvalue weighted by atomic mass is 10.1. The van der Waals surface area contributed by atoms with Crippen LogP contribution in [0.5, 0.6) is 11.5 Å². The Balaban J connectivity index is 1.97. The Morgan fingerprint density at radius 1 is 1.21 bits per heavy atom. The molecule has 0 aliphatic carbocycles. The third-order valence-electron chi connectivity index (χ3n) is 4.67. The van der Waals surface area contributed by atoms with Crippen LogP contribution in [0, 0.1) is 0 Å². The number of ether oxygens (including phenoxy) is 3. The molecule has 160 valence electrons. The Morgan fingerprint density at radius 2 is 1.93 bits per heavy atom. The Bertz CT molecular complexity index is 742. The van der Waals surface area contributed by atoms with E-state index in [-0.39, 0.29) is 17.2 Å². The number of methoxy groups -OCH3 is 3. The van der Waals surface area contributed by atoms with E-state index in [1.165, 1.54) is 14.0 Å². The van der Waals surface area contributed by atoms with E-state index in [1.807, 2.05) is 23.1 Å². The van der Waals surface area contributed by atoms with Crippen molar-refractivity contribution in [2.75, 3.05) is 33.6 Å². The van der Waals surface area contributed by atoms with Crippen molar-refractivity contribution in [1.82, 2.24) is 10.2 Å². The zero-order chi connectivity index (χ0) is 21.4. The molecule has 2 rings (SSSR count). The standard InChI is InChI=1S/C20H28N2O6S/c1-13(23)21-15(20(25)28-4)7-5-6-10-22-18(24)12-29-19(22)14-8-9-16(26-2)17(11-14)27-3/h8-9,11,15,19H,5-7,10,12H2,1-4H3,(H,21,23). The van der Waals surface area contributed by atoms with E-state index in [0.717, 1.165) is 5.56 Å². The summed E-state index contributed by atoms with van der Waals surface area (Å²) in [5, 5.41) is 2.51. The van der Waals surface area contributed by atoms with Gasteiger partial charge in [0.1, 0.15) is 11.4 Å². The predicted molar refractivity (Wildman–Crippen MR) is 110 cm³/mol. The predicted octanol–water partition coefficient (Wildman–Crippen LogP) is 2.13. The Morgan fingerprint density at radius 3 is 2.55 bits per heavy atom. The van der Waals surface area contributed by atoms with Crippen molar-refractivity contribution >= 4 is 29.5 Å². The average Bonchev–Trinajstić information content (AvgIpc) is 3.09. The minimum atomic E-state index is -0.664. The van der Waals surface area contributed by atoms with Crippen LogP contribution in [-0.4, -0.2) is 62.4 Å². The molecule has 1 saturated heterocycles. The number of benzene rings is 1. The Kier molecular flexibility index (Phi) is 8.63. The molecule has 8 nitrogen and oxygen atoms in total. The molecule has 1 aromatic carbocycles. The van der Waals surface area contributed by atoms with Crippen LogP contribution in [0.4, 0.5) is 0 Å². The van der Waals surface area contributed by atoms with Crippen molar-refractivity contribution in [2.45, 2.75) is 37.6 Å². The monoisotopic (exact) mass is 424 g/mol. The summed E-state index contributed by atoms with van der Waals surface area (Å²) < 4.78 is 15.4. The first-order valence-electron chi connectivity index (χ1n) is 9.39. The number of thioether (sulfide) groups is 1. The zero-order valence-electron chi connectivity index (χ0n) is 17.2. The fraction of sp³-hybridized carbons (Fsp3) is 0.550. The molecule has 1 aliphatic heterocycles. The number of carbonyl (C=O) groups excluding carboxylic acids is 3. The van der Waals surface area contributed by atoms with Gasteiger partial charge in [0.2, 0.25) is 11.8 Å². The molecule has 0 radical (unpaired) electrons. The van der Waals surface area contributed by atoms with Crippen molar-refractivity contribution < 1.29 is 28.6 Å². The van der Waals surface area contributed by atoms with Crippen LogP contribution >= 0.6 is 11.8 Å². The highest BCUT2D eigenvalue weighted by Crippen LogP contribution is 2.41. The molecule has 0 spiro atoms. The number of hydrogen-bond acceptors (Lipinski definition) is 7. The summed E-state index contributed by atoms with van der Waals surface area (Å²) in [6.07, 6.45) is 1.85. The second-order valence-electron chi connectivity index (χ2n) is 6.64.